The van der Waals surface area contributed by atoms with E-state index in [-0.39, 0.29) is 0 Å². The van der Waals surface area contributed by atoms with E-state index in [1.54, 1.807) is 7.11 Å². The monoisotopic (exact) mass is 218 g/mol. The number of methoxy groups -OCH3 is 1. The number of aryl methyl sites for hydroxylation is 1. The van der Waals surface area contributed by atoms with Gasteiger partial charge < -0.3 is 10.1 Å². The third-order valence-electron chi connectivity index (χ3n) is 2.20. The maximum Gasteiger partial charge on any atom is 0.122 e. The molecule has 1 rings (SSSR count). The summed E-state index contributed by atoms with van der Waals surface area (Å²) in [7, 11) is 1.67. The van der Waals surface area contributed by atoms with Gasteiger partial charge in [-0.1, -0.05) is 0 Å². The van der Waals surface area contributed by atoms with E-state index in [0.29, 0.717) is 0 Å². The van der Waals surface area contributed by atoms with Crippen molar-refractivity contribution in [1.82, 2.24) is 10.3 Å². The van der Waals surface area contributed by atoms with Gasteiger partial charge >= 0.3 is 0 Å². The van der Waals surface area contributed by atoms with Gasteiger partial charge in [0.1, 0.15) is 5.75 Å². The Labute approximate surface area is 97.2 Å². The van der Waals surface area contributed by atoms with Gasteiger partial charge in [0, 0.05) is 30.8 Å². The zero-order valence-corrected chi connectivity index (χ0v) is 9.92. The van der Waals surface area contributed by atoms with Gasteiger partial charge in [0.05, 0.1) is 12.8 Å². The first-order chi connectivity index (χ1) is 7.76. The summed E-state index contributed by atoms with van der Waals surface area (Å²) in [6, 6.07) is 3.86. The second kappa shape index (κ2) is 6.86. The van der Waals surface area contributed by atoms with Crippen molar-refractivity contribution in [2.75, 3.05) is 13.7 Å². The fourth-order valence-corrected chi connectivity index (χ4v) is 1.44. The normalized spacial score (nSPS) is 9.81. The minimum Gasteiger partial charge on any atom is -0.497 e. The second-order valence-corrected chi connectivity index (χ2v) is 3.62. The smallest absolute Gasteiger partial charge is 0.122 e. The number of terminal acetylenes is 1. The minimum absolute atomic E-state index is 0.753. The number of pyridine rings is 1. The summed E-state index contributed by atoms with van der Waals surface area (Å²) in [6.07, 6.45) is 6.99. The number of rotatable bonds is 6. The van der Waals surface area contributed by atoms with Gasteiger partial charge in [0.25, 0.3) is 0 Å². The molecule has 1 aromatic rings. The quantitative estimate of drug-likeness (QED) is 0.585. The number of hydrogen-bond donors (Lipinski definition) is 1. The van der Waals surface area contributed by atoms with Crippen LogP contribution in [0.25, 0.3) is 0 Å². The van der Waals surface area contributed by atoms with Crippen LogP contribution in [-0.4, -0.2) is 18.6 Å². The predicted molar refractivity (Wildman–Crippen MR) is 65.3 cm³/mol. The Morgan fingerprint density at radius 1 is 1.50 bits per heavy atom. The zero-order chi connectivity index (χ0) is 11.8. The molecule has 0 amide bonds. The maximum atomic E-state index is 5.19. The molecular weight excluding hydrogens is 200 g/mol. The topological polar surface area (TPSA) is 34.1 Å². The van der Waals surface area contributed by atoms with Crippen molar-refractivity contribution in [1.29, 1.82) is 0 Å². The third-order valence-corrected chi connectivity index (χ3v) is 2.20. The van der Waals surface area contributed by atoms with Gasteiger partial charge in [-0.15, -0.1) is 12.3 Å². The standard InChI is InChI=1S/C13H18N2O/c1-4-5-6-7-14-10-12-9-13(16-3)8-11(2)15-12/h1,8-9,14H,5-7,10H2,2-3H3. The third kappa shape index (κ3) is 4.33. The molecule has 0 saturated carbocycles. The second-order valence-electron chi connectivity index (χ2n) is 3.62. The summed E-state index contributed by atoms with van der Waals surface area (Å²) in [5.41, 5.74) is 1.97. The van der Waals surface area contributed by atoms with Crippen LogP contribution in [0.4, 0.5) is 0 Å². The molecule has 16 heavy (non-hydrogen) atoms. The van der Waals surface area contributed by atoms with Crippen molar-refractivity contribution in [3.8, 4) is 18.1 Å². The molecule has 0 aliphatic heterocycles. The fraction of sp³-hybridized carbons (Fsp3) is 0.462. The Kier molecular flexibility index (Phi) is 5.38. The van der Waals surface area contributed by atoms with Crippen LogP contribution < -0.4 is 10.1 Å². The van der Waals surface area contributed by atoms with Gasteiger partial charge in [-0.05, 0) is 19.9 Å². The van der Waals surface area contributed by atoms with E-state index >= 15 is 0 Å². The van der Waals surface area contributed by atoms with Crippen molar-refractivity contribution in [3.63, 3.8) is 0 Å². The van der Waals surface area contributed by atoms with Crippen molar-refractivity contribution in [3.05, 3.63) is 23.5 Å². The Morgan fingerprint density at radius 2 is 2.31 bits per heavy atom. The van der Waals surface area contributed by atoms with Crippen LogP contribution in [-0.2, 0) is 6.54 Å². The number of nitrogens with one attached hydrogen (secondary N) is 1. The zero-order valence-electron chi connectivity index (χ0n) is 9.92. The molecule has 1 aromatic heterocycles. The summed E-state index contributed by atoms with van der Waals surface area (Å²) in [4.78, 5) is 4.42. The van der Waals surface area contributed by atoms with Crippen LogP contribution in [0.5, 0.6) is 5.75 Å². The number of nitrogens with zero attached hydrogens (tertiary/aromatic N) is 1. The SMILES string of the molecule is C#CCCCNCc1cc(OC)cc(C)n1. The minimum atomic E-state index is 0.753. The van der Waals surface area contributed by atoms with E-state index in [1.165, 1.54) is 0 Å². The molecule has 3 nitrogen and oxygen atoms in total. The Bertz CT molecular complexity index is 369. The molecule has 3 heteroatoms. The van der Waals surface area contributed by atoms with E-state index in [4.69, 9.17) is 11.2 Å². The van der Waals surface area contributed by atoms with Crippen LogP contribution in [0.3, 0.4) is 0 Å². The average Bonchev–Trinajstić information content (AvgIpc) is 2.28. The molecule has 0 saturated heterocycles. The average molecular weight is 218 g/mol. The molecule has 0 atom stereocenters. The van der Waals surface area contributed by atoms with E-state index in [2.05, 4.69) is 16.2 Å². The Balaban J connectivity index is 2.41. The van der Waals surface area contributed by atoms with Crippen molar-refractivity contribution < 1.29 is 4.74 Å². The van der Waals surface area contributed by atoms with E-state index in [0.717, 1.165) is 43.1 Å². The molecule has 1 N–H and O–H groups in total. The molecule has 0 spiro atoms. The van der Waals surface area contributed by atoms with Crippen LogP contribution in [0.15, 0.2) is 12.1 Å². The number of ether oxygens (including phenoxy) is 1. The molecule has 0 unspecified atom stereocenters. The summed E-state index contributed by atoms with van der Waals surface area (Å²) in [5.74, 6) is 3.47. The van der Waals surface area contributed by atoms with Crippen molar-refractivity contribution in [2.24, 2.45) is 0 Å². The summed E-state index contributed by atoms with van der Waals surface area (Å²) >= 11 is 0. The van der Waals surface area contributed by atoms with Crippen LogP contribution in [0.1, 0.15) is 24.2 Å². The van der Waals surface area contributed by atoms with Gasteiger partial charge in [-0.3, -0.25) is 4.98 Å². The highest BCUT2D eigenvalue weighted by molar-refractivity contribution is 5.26. The van der Waals surface area contributed by atoms with Gasteiger partial charge in [0.15, 0.2) is 0 Å². The molecule has 0 radical (unpaired) electrons. The summed E-state index contributed by atoms with van der Waals surface area (Å²) in [5, 5.41) is 3.30. The Morgan fingerprint density at radius 3 is 3.00 bits per heavy atom. The largest absolute Gasteiger partial charge is 0.497 e. The predicted octanol–water partition coefficient (Wildman–Crippen LogP) is 1.90. The molecule has 0 aliphatic rings. The first-order valence-corrected chi connectivity index (χ1v) is 5.42. The summed E-state index contributed by atoms with van der Waals surface area (Å²) in [6.45, 7) is 3.63. The molecular formula is C13H18N2O. The number of hydrogen-bond acceptors (Lipinski definition) is 3. The molecule has 0 aliphatic carbocycles. The van der Waals surface area contributed by atoms with Crippen molar-refractivity contribution in [2.45, 2.75) is 26.3 Å². The molecule has 0 aromatic carbocycles. The highest BCUT2D eigenvalue weighted by Gasteiger charge is 1.99. The van der Waals surface area contributed by atoms with Crippen LogP contribution >= 0.6 is 0 Å². The van der Waals surface area contributed by atoms with Gasteiger partial charge in [0.2, 0.25) is 0 Å². The Hall–Kier alpha value is -1.53. The lowest BCUT2D eigenvalue weighted by atomic mass is 10.2. The molecule has 1 heterocycles. The van der Waals surface area contributed by atoms with E-state index in [9.17, 15) is 0 Å². The first-order valence-electron chi connectivity index (χ1n) is 5.42. The van der Waals surface area contributed by atoms with E-state index < -0.39 is 0 Å². The number of unbranched alkanes of at least 4 members (excludes halogenated alkanes) is 1. The van der Waals surface area contributed by atoms with E-state index in [1.807, 2.05) is 19.1 Å². The number of aromatic nitrogens is 1. The first kappa shape index (κ1) is 12.5. The lowest BCUT2D eigenvalue weighted by Gasteiger charge is -2.06. The lowest BCUT2D eigenvalue weighted by molar-refractivity contribution is 0.412. The lowest BCUT2D eigenvalue weighted by Crippen LogP contribution is -2.15. The molecule has 0 bridgehead atoms. The summed E-state index contributed by atoms with van der Waals surface area (Å²) < 4.78 is 5.19. The van der Waals surface area contributed by atoms with Crippen LogP contribution in [0, 0.1) is 19.3 Å². The van der Waals surface area contributed by atoms with Gasteiger partial charge in [-0.25, -0.2) is 0 Å². The molecule has 86 valence electrons. The molecule has 0 fully saturated rings. The van der Waals surface area contributed by atoms with Crippen molar-refractivity contribution >= 4 is 0 Å². The van der Waals surface area contributed by atoms with Gasteiger partial charge in [-0.2, -0.15) is 0 Å². The van der Waals surface area contributed by atoms with Crippen LogP contribution in [0.2, 0.25) is 0 Å². The maximum absolute atomic E-state index is 5.19. The highest BCUT2D eigenvalue weighted by atomic mass is 16.5. The fourth-order valence-electron chi connectivity index (χ4n) is 1.44. The highest BCUT2D eigenvalue weighted by Crippen LogP contribution is 2.12.